The number of pyridine rings is 4. The monoisotopic (exact) mass is 908 g/mol. The summed E-state index contributed by atoms with van der Waals surface area (Å²) in [6, 6.07) is 39.1. The molecule has 13 rings (SSSR count). The average molecular weight is 909 g/mol. The lowest BCUT2D eigenvalue weighted by Crippen LogP contribution is -2.04. The lowest BCUT2D eigenvalue weighted by molar-refractivity contribution is 0.301. The van der Waals surface area contributed by atoms with E-state index in [9.17, 15) is 0 Å². The number of ether oxygens (including phenoxy) is 1. The largest absolute Gasteiger partial charge is 0.487 e. The van der Waals surface area contributed by atoms with Gasteiger partial charge in [-0.05, 0) is 131 Å². The molecule has 11 aromatic rings. The number of H-pyrrole nitrogens is 3. The molecule has 334 valence electrons. The summed E-state index contributed by atoms with van der Waals surface area (Å²) in [5.74, 6) is 0.704. The first-order chi connectivity index (χ1) is 34.7. The van der Waals surface area contributed by atoms with Crippen LogP contribution in [-0.2, 0) is 19.6 Å². The van der Waals surface area contributed by atoms with Gasteiger partial charge < -0.3 is 19.7 Å². The van der Waals surface area contributed by atoms with Gasteiger partial charge in [0, 0.05) is 117 Å². The van der Waals surface area contributed by atoms with Crippen molar-refractivity contribution in [1.82, 2.24) is 59.8 Å². The molecule has 9 aromatic heterocycles. The van der Waals surface area contributed by atoms with Crippen molar-refractivity contribution in [3.8, 4) is 50.3 Å². The predicted octanol–water partition coefficient (Wildman–Crippen LogP) is 12.0. The highest BCUT2D eigenvalue weighted by Gasteiger charge is 2.19. The Bertz CT molecular complexity index is 3960. The van der Waals surface area contributed by atoms with Crippen LogP contribution in [0.3, 0.4) is 0 Å². The number of benzene rings is 2. The Kier molecular flexibility index (Phi) is 10.0. The first-order valence-electron chi connectivity index (χ1n) is 23.0. The van der Waals surface area contributed by atoms with Crippen LogP contribution in [0.25, 0.3) is 113 Å². The van der Waals surface area contributed by atoms with Crippen LogP contribution in [-0.4, -0.2) is 59.8 Å². The summed E-state index contributed by atoms with van der Waals surface area (Å²) >= 11 is 0. The van der Waals surface area contributed by atoms with Crippen LogP contribution in [0.15, 0.2) is 165 Å². The van der Waals surface area contributed by atoms with Crippen molar-refractivity contribution in [3.63, 3.8) is 0 Å². The average Bonchev–Trinajstić information content (AvgIpc) is 4.29. The second kappa shape index (κ2) is 17.2. The van der Waals surface area contributed by atoms with Gasteiger partial charge in [0.05, 0.1) is 40.2 Å². The summed E-state index contributed by atoms with van der Waals surface area (Å²) in [6.45, 7) is 0.895. The number of hydrogen-bond acceptors (Lipinski definition) is 9. The predicted molar refractivity (Wildman–Crippen MR) is 276 cm³/mol. The Labute approximate surface area is 400 Å². The van der Waals surface area contributed by atoms with Crippen molar-refractivity contribution < 1.29 is 4.74 Å². The summed E-state index contributed by atoms with van der Waals surface area (Å²) in [7, 11) is 0. The van der Waals surface area contributed by atoms with E-state index in [1.165, 1.54) is 10.8 Å². The molecule has 2 aromatic carbocycles. The molecule has 0 fully saturated rings. The van der Waals surface area contributed by atoms with Crippen LogP contribution in [0.2, 0.25) is 0 Å². The van der Waals surface area contributed by atoms with E-state index in [2.05, 4.69) is 125 Å². The van der Waals surface area contributed by atoms with E-state index in [0.717, 1.165) is 112 Å². The van der Waals surface area contributed by atoms with E-state index in [1.54, 1.807) is 0 Å². The number of aromatic nitrogens is 12. The molecule has 0 aliphatic carbocycles. The van der Waals surface area contributed by atoms with E-state index < -0.39 is 0 Å². The SMILES string of the molecule is C1=Cc2nc1c(-c1ccncc1)c1ccc([nH]1)c(-c1ccncc1)c1nc(c(-c3ccc(OCc4cn(CCc5nccc6c5[nH]c5ccccc56)nn4)cc3)c3ccc([nH]3)c2-c2ccncc2)C=C1. The van der Waals surface area contributed by atoms with Crippen LogP contribution in [0.1, 0.15) is 34.2 Å². The summed E-state index contributed by atoms with van der Waals surface area (Å²) in [5, 5.41) is 11.2. The minimum Gasteiger partial charge on any atom is -0.487 e. The molecule has 3 N–H and O–H groups in total. The second-order valence-electron chi connectivity index (χ2n) is 17.1. The molecule has 8 bridgehead atoms. The van der Waals surface area contributed by atoms with Crippen LogP contribution in [0, 0.1) is 0 Å². The van der Waals surface area contributed by atoms with Gasteiger partial charge in [-0.3, -0.25) is 24.6 Å². The fourth-order valence-corrected chi connectivity index (χ4v) is 9.61. The minimum atomic E-state index is 0.264. The molecule has 0 radical (unpaired) electrons. The molecule has 11 heterocycles. The number of fused-ring (bicyclic) bond motifs is 11. The molecule has 0 amide bonds. The van der Waals surface area contributed by atoms with E-state index in [0.29, 0.717) is 18.7 Å². The molecule has 13 nitrogen and oxygen atoms in total. The fourth-order valence-electron chi connectivity index (χ4n) is 9.61. The molecule has 0 atom stereocenters. The Morgan fingerprint density at radius 2 is 0.957 bits per heavy atom. The quantitative estimate of drug-likeness (QED) is 0.121. The Balaban J connectivity index is 0.886. The van der Waals surface area contributed by atoms with Gasteiger partial charge in [-0.25, -0.2) is 9.97 Å². The number of rotatable bonds is 10. The summed E-state index contributed by atoms with van der Waals surface area (Å²) in [5.41, 5.74) is 18.4. The van der Waals surface area contributed by atoms with E-state index >= 15 is 0 Å². The maximum Gasteiger partial charge on any atom is 0.134 e. The summed E-state index contributed by atoms with van der Waals surface area (Å²) in [4.78, 5) is 39.6. The number of aromatic amines is 3. The van der Waals surface area contributed by atoms with Crippen molar-refractivity contribution in [2.45, 2.75) is 19.6 Å². The van der Waals surface area contributed by atoms with Gasteiger partial charge in [-0.2, -0.15) is 0 Å². The fraction of sp³-hybridized carbons (Fsp3) is 0.0526. The third-order valence-electron chi connectivity index (χ3n) is 12.9. The van der Waals surface area contributed by atoms with Crippen molar-refractivity contribution in [1.29, 1.82) is 0 Å². The van der Waals surface area contributed by atoms with Crippen LogP contribution >= 0.6 is 0 Å². The van der Waals surface area contributed by atoms with Crippen LogP contribution in [0.4, 0.5) is 0 Å². The molecule has 70 heavy (non-hydrogen) atoms. The highest BCUT2D eigenvalue weighted by molar-refractivity contribution is 6.08. The van der Waals surface area contributed by atoms with Crippen LogP contribution in [0.5, 0.6) is 5.75 Å². The number of nitrogens with one attached hydrogen (secondary N) is 3. The van der Waals surface area contributed by atoms with Gasteiger partial charge in [-0.1, -0.05) is 35.5 Å². The lowest BCUT2D eigenvalue weighted by atomic mass is 10.0. The van der Waals surface area contributed by atoms with E-state index in [4.69, 9.17) is 19.7 Å². The highest BCUT2D eigenvalue weighted by Crippen LogP contribution is 2.39. The Hall–Kier alpha value is -9.62. The number of nitrogens with zero attached hydrogens (tertiary/aromatic N) is 9. The lowest BCUT2D eigenvalue weighted by Gasteiger charge is -2.08. The topological polar surface area (TPSA) is 165 Å². The van der Waals surface area contributed by atoms with Crippen molar-refractivity contribution in [2.75, 3.05) is 0 Å². The summed E-state index contributed by atoms with van der Waals surface area (Å²) < 4.78 is 8.16. The maximum absolute atomic E-state index is 6.31. The highest BCUT2D eigenvalue weighted by atomic mass is 16.5. The number of aryl methyl sites for hydroxylation is 2. The third kappa shape index (κ3) is 7.47. The maximum atomic E-state index is 6.31. The van der Waals surface area contributed by atoms with Gasteiger partial charge >= 0.3 is 0 Å². The zero-order valence-electron chi connectivity index (χ0n) is 37.5. The normalized spacial score (nSPS) is 12.1. The van der Waals surface area contributed by atoms with Crippen molar-refractivity contribution >= 4 is 68.2 Å². The summed E-state index contributed by atoms with van der Waals surface area (Å²) in [6.07, 6.45) is 23.7. The van der Waals surface area contributed by atoms with E-state index in [1.807, 2.05) is 109 Å². The Morgan fingerprint density at radius 3 is 1.49 bits per heavy atom. The molecule has 13 heteroatoms. The molecule has 2 aliphatic heterocycles. The van der Waals surface area contributed by atoms with Gasteiger partial charge in [-0.15, -0.1) is 5.10 Å². The molecule has 0 saturated carbocycles. The molecule has 2 aliphatic rings. The van der Waals surface area contributed by atoms with Crippen molar-refractivity contribution in [3.05, 3.63) is 199 Å². The molecular weight excluding hydrogens is 869 g/mol. The van der Waals surface area contributed by atoms with Gasteiger partial charge in [0.2, 0.25) is 0 Å². The van der Waals surface area contributed by atoms with Gasteiger partial charge in [0.1, 0.15) is 18.1 Å². The first kappa shape index (κ1) is 40.6. The number of hydrogen-bond donors (Lipinski definition) is 3. The zero-order valence-corrected chi connectivity index (χ0v) is 37.5. The molecule has 0 saturated heterocycles. The van der Waals surface area contributed by atoms with Gasteiger partial charge in [0.15, 0.2) is 0 Å². The molecule has 0 unspecified atom stereocenters. The van der Waals surface area contributed by atoms with Crippen molar-refractivity contribution in [2.24, 2.45) is 0 Å². The zero-order chi connectivity index (χ0) is 46.4. The second-order valence-corrected chi connectivity index (χ2v) is 17.1. The van der Waals surface area contributed by atoms with Gasteiger partial charge in [0.25, 0.3) is 0 Å². The standard InChI is InChI=1S/C57H40N12O/c1-2-4-43-41(3-1)42-23-31-61-52(57(42)66-43)24-32-69-33-39(67-68-69)34-70-40-7-5-35(6-8-40)53-44-9-11-46(62-44)54(36-17-25-58-26-18-36)48-13-15-50(64-48)56(38-21-29-60-30-22-38)51-16-14-49(65-51)55(37-19-27-59-28-20-37)47-12-10-45(53)63-47/h1-23,25-31,33,62,65-66H,24,32,34H2. The molecular formula is C57H40N12O. The first-order valence-corrected chi connectivity index (χ1v) is 23.0. The van der Waals surface area contributed by atoms with Crippen LogP contribution < -0.4 is 4.74 Å². The molecule has 0 spiro atoms. The third-order valence-corrected chi connectivity index (χ3v) is 12.9. The smallest absolute Gasteiger partial charge is 0.134 e. The number of para-hydroxylation sites is 1. The van der Waals surface area contributed by atoms with E-state index in [-0.39, 0.29) is 6.61 Å². The Morgan fingerprint density at radius 1 is 0.457 bits per heavy atom. The minimum absolute atomic E-state index is 0.264.